The first-order valence-electron chi connectivity index (χ1n) is 12.8. The minimum Gasteiger partial charge on any atom is -0.205 e. The Kier molecular flexibility index (Phi) is 16.4. The highest BCUT2D eigenvalue weighted by molar-refractivity contribution is 5.15. The molecule has 0 fully saturated rings. The van der Waals surface area contributed by atoms with E-state index in [9.17, 15) is 0 Å². The third-order valence-corrected chi connectivity index (χ3v) is 5.94. The average Bonchev–Trinajstić information content (AvgIpc) is 2.70. The zero-order valence-electron chi connectivity index (χ0n) is 19.6. The minimum absolute atomic E-state index is 1.21. The SMILES string of the molecule is CCCCCCCCCCCC[n+]1cc(CCCCC)cc(CCCCC)c1. The molecule has 162 valence electrons. The van der Waals surface area contributed by atoms with Gasteiger partial charge in [-0.15, -0.1) is 0 Å². The number of aromatic nitrogens is 1. The summed E-state index contributed by atoms with van der Waals surface area (Å²) < 4.78 is 2.51. The lowest BCUT2D eigenvalue weighted by Gasteiger charge is -2.06. The van der Waals surface area contributed by atoms with Crippen molar-refractivity contribution in [1.29, 1.82) is 0 Å². The van der Waals surface area contributed by atoms with E-state index in [2.05, 4.69) is 43.8 Å². The highest BCUT2D eigenvalue weighted by atomic mass is 14.9. The topological polar surface area (TPSA) is 3.88 Å². The van der Waals surface area contributed by atoms with Crippen molar-refractivity contribution in [3.63, 3.8) is 0 Å². The van der Waals surface area contributed by atoms with Gasteiger partial charge in [0.05, 0.1) is 0 Å². The van der Waals surface area contributed by atoms with Crippen LogP contribution in [0.1, 0.15) is 135 Å². The molecule has 0 unspecified atom stereocenters. The lowest BCUT2D eigenvalue weighted by Crippen LogP contribution is -2.34. The summed E-state index contributed by atoms with van der Waals surface area (Å²) in [6.07, 6.45) is 29.6. The van der Waals surface area contributed by atoms with Crippen LogP contribution in [0.4, 0.5) is 0 Å². The Morgan fingerprint density at radius 2 is 0.893 bits per heavy atom. The van der Waals surface area contributed by atoms with E-state index in [1.165, 1.54) is 122 Å². The molecule has 0 aliphatic heterocycles. The van der Waals surface area contributed by atoms with Gasteiger partial charge in [0.15, 0.2) is 12.4 Å². The predicted molar refractivity (Wildman–Crippen MR) is 125 cm³/mol. The largest absolute Gasteiger partial charge is 0.205 e. The molecule has 0 spiro atoms. The molecule has 1 heteroatoms. The van der Waals surface area contributed by atoms with Crippen LogP contribution in [0.3, 0.4) is 0 Å². The van der Waals surface area contributed by atoms with Gasteiger partial charge in [-0.25, -0.2) is 4.57 Å². The molecular weight excluding hydrogens is 338 g/mol. The van der Waals surface area contributed by atoms with E-state index in [0.29, 0.717) is 0 Å². The van der Waals surface area contributed by atoms with E-state index in [4.69, 9.17) is 0 Å². The minimum atomic E-state index is 1.21. The summed E-state index contributed by atoms with van der Waals surface area (Å²) in [4.78, 5) is 0. The van der Waals surface area contributed by atoms with Crippen molar-refractivity contribution in [3.05, 3.63) is 29.6 Å². The van der Waals surface area contributed by atoms with Gasteiger partial charge in [-0.2, -0.15) is 0 Å². The molecule has 1 aromatic heterocycles. The van der Waals surface area contributed by atoms with Crippen molar-refractivity contribution >= 4 is 0 Å². The van der Waals surface area contributed by atoms with Gasteiger partial charge >= 0.3 is 0 Å². The van der Waals surface area contributed by atoms with Crippen LogP contribution in [-0.2, 0) is 19.4 Å². The molecule has 0 atom stereocenters. The number of hydrogen-bond donors (Lipinski definition) is 0. The fourth-order valence-corrected chi connectivity index (χ4v) is 4.12. The summed E-state index contributed by atoms with van der Waals surface area (Å²) in [7, 11) is 0. The summed E-state index contributed by atoms with van der Waals surface area (Å²) >= 11 is 0. The monoisotopic (exact) mass is 388 g/mol. The van der Waals surface area contributed by atoms with Gasteiger partial charge in [-0.1, -0.05) is 97.8 Å². The predicted octanol–water partition coefficient (Wildman–Crippen LogP) is 8.36. The zero-order chi connectivity index (χ0) is 20.3. The summed E-state index contributed by atoms with van der Waals surface area (Å²) in [6.45, 7) is 8.10. The quantitative estimate of drug-likeness (QED) is 0.165. The van der Waals surface area contributed by atoms with Crippen molar-refractivity contribution in [3.8, 4) is 0 Å². The van der Waals surface area contributed by atoms with Crippen LogP contribution in [0.2, 0.25) is 0 Å². The van der Waals surface area contributed by atoms with E-state index in [1.807, 2.05) is 0 Å². The van der Waals surface area contributed by atoms with E-state index < -0.39 is 0 Å². The molecule has 0 saturated heterocycles. The number of hydrogen-bond acceptors (Lipinski definition) is 0. The lowest BCUT2D eigenvalue weighted by molar-refractivity contribution is -0.698. The molecular formula is C27H50N+. The molecule has 0 aromatic carbocycles. The van der Waals surface area contributed by atoms with E-state index in [-0.39, 0.29) is 0 Å². The van der Waals surface area contributed by atoms with Gasteiger partial charge in [0.1, 0.15) is 6.54 Å². The first-order valence-corrected chi connectivity index (χ1v) is 12.8. The van der Waals surface area contributed by atoms with Gasteiger partial charge < -0.3 is 0 Å². The maximum absolute atomic E-state index is 2.51. The van der Waals surface area contributed by atoms with Gasteiger partial charge in [0.2, 0.25) is 0 Å². The summed E-state index contributed by atoms with van der Waals surface area (Å²) in [5.74, 6) is 0. The number of aryl methyl sites for hydroxylation is 3. The smallest absolute Gasteiger partial charge is 0.171 e. The Bertz CT molecular complexity index is 437. The molecule has 1 aromatic rings. The molecule has 1 heterocycles. The summed E-state index contributed by atoms with van der Waals surface area (Å²) in [5, 5.41) is 0. The van der Waals surface area contributed by atoms with Crippen LogP contribution in [0.5, 0.6) is 0 Å². The maximum atomic E-state index is 2.51. The number of pyridine rings is 1. The molecule has 0 aliphatic carbocycles. The number of rotatable bonds is 19. The molecule has 0 N–H and O–H groups in total. The van der Waals surface area contributed by atoms with Crippen molar-refractivity contribution < 1.29 is 4.57 Å². The second kappa shape index (κ2) is 18.2. The van der Waals surface area contributed by atoms with E-state index in [0.717, 1.165) is 0 Å². The Morgan fingerprint density at radius 1 is 0.500 bits per heavy atom. The third kappa shape index (κ3) is 13.3. The summed E-state index contributed by atoms with van der Waals surface area (Å²) in [5.41, 5.74) is 3.13. The van der Waals surface area contributed by atoms with Crippen LogP contribution in [0.15, 0.2) is 18.5 Å². The summed E-state index contributed by atoms with van der Waals surface area (Å²) in [6, 6.07) is 2.49. The normalized spacial score (nSPS) is 11.2. The Balaban J connectivity index is 2.32. The van der Waals surface area contributed by atoms with Gasteiger partial charge in [-0.3, -0.25) is 0 Å². The van der Waals surface area contributed by atoms with Crippen LogP contribution in [0, 0.1) is 0 Å². The molecule has 1 nitrogen and oxygen atoms in total. The second-order valence-corrected chi connectivity index (χ2v) is 8.89. The number of nitrogens with zero attached hydrogens (tertiary/aromatic N) is 1. The molecule has 0 saturated carbocycles. The van der Waals surface area contributed by atoms with Gasteiger partial charge in [-0.05, 0) is 38.2 Å². The third-order valence-electron chi connectivity index (χ3n) is 5.94. The Hall–Kier alpha value is -0.850. The van der Waals surface area contributed by atoms with Crippen LogP contribution >= 0.6 is 0 Å². The fraction of sp³-hybridized carbons (Fsp3) is 0.815. The zero-order valence-corrected chi connectivity index (χ0v) is 19.6. The number of unbranched alkanes of at least 4 members (excludes halogenated alkanes) is 13. The Morgan fingerprint density at radius 3 is 1.36 bits per heavy atom. The van der Waals surface area contributed by atoms with Gasteiger partial charge in [0.25, 0.3) is 0 Å². The van der Waals surface area contributed by atoms with E-state index in [1.54, 1.807) is 11.1 Å². The molecule has 0 amide bonds. The molecule has 0 aliphatic rings. The average molecular weight is 389 g/mol. The van der Waals surface area contributed by atoms with Crippen molar-refractivity contribution in [2.24, 2.45) is 0 Å². The maximum Gasteiger partial charge on any atom is 0.171 e. The van der Waals surface area contributed by atoms with Crippen molar-refractivity contribution in [2.75, 3.05) is 0 Å². The second-order valence-electron chi connectivity index (χ2n) is 8.89. The van der Waals surface area contributed by atoms with Gasteiger partial charge in [0, 0.05) is 17.5 Å². The first kappa shape index (κ1) is 25.2. The van der Waals surface area contributed by atoms with Crippen molar-refractivity contribution in [1.82, 2.24) is 0 Å². The van der Waals surface area contributed by atoms with Crippen molar-refractivity contribution in [2.45, 2.75) is 143 Å². The Labute approximate surface area is 177 Å². The lowest BCUT2D eigenvalue weighted by atomic mass is 10.0. The van der Waals surface area contributed by atoms with Crippen LogP contribution in [0.25, 0.3) is 0 Å². The fourth-order valence-electron chi connectivity index (χ4n) is 4.12. The van der Waals surface area contributed by atoms with E-state index >= 15 is 0 Å². The molecule has 0 bridgehead atoms. The first-order chi connectivity index (χ1) is 13.8. The highest BCUT2D eigenvalue weighted by Crippen LogP contribution is 2.12. The molecule has 1 rings (SSSR count). The molecule has 0 radical (unpaired) electrons. The molecule has 28 heavy (non-hydrogen) atoms. The van der Waals surface area contributed by atoms with Crippen LogP contribution < -0.4 is 4.57 Å². The standard InChI is InChI=1S/C27H50N/c1-4-7-10-11-12-13-14-15-16-19-22-28-24-26(20-17-8-5-2)23-27(25-28)21-18-9-6-3/h23-25H,4-22H2,1-3H3/q+1. The highest BCUT2D eigenvalue weighted by Gasteiger charge is 2.08. The van der Waals surface area contributed by atoms with Crippen LogP contribution in [-0.4, -0.2) is 0 Å².